The summed E-state index contributed by atoms with van der Waals surface area (Å²) in [5.41, 5.74) is 0. The molecule has 2 aromatic rings. The number of likely N-dealkylation sites (tertiary alicyclic amines) is 1. The maximum atomic E-state index is 13.7. The lowest BCUT2D eigenvalue weighted by atomic mass is 10.1. The first-order valence-corrected chi connectivity index (χ1v) is 8.53. The summed E-state index contributed by atoms with van der Waals surface area (Å²) >= 11 is 1.56. The number of benzene rings is 2. The van der Waals surface area contributed by atoms with Gasteiger partial charge in [-0.25, -0.2) is 9.18 Å². The van der Waals surface area contributed by atoms with E-state index < -0.39 is 0 Å². The van der Waals surface area contributed by atoms with E-state index in [1.165, 1.54) is 6.07 Å². The van der Waals surface area contributed by atoms with Gasteiger partial charge in [0.05, 0.1) is 0 Å². The lowest BCUT2D eigenvalue weighted by molar-refractivity contribution is 0.143. The van der Waals surface area contributed by atoms with Crippen molar-refractivity contribution in [2.45, 2.75) is 23.0 Å². The summed E-state index contributed by atoms with van der Waals surface area (Å²) in [6.45, 7) is 1.27. The van der Waals surface area contributed by atoms with Gasteiger partial charge in [-0.2, -0.15) is 0 Å². The first kappa shape index (κ1) is 15.9. The summed E-state index contributed by atoms with van der Waals surface area (Å²) < 4.78 is 19.0. The standard InChI is InChI=1S/C18H18FNO2S/c19-16-8-4-5-9-17(16)23-15-10-12-20(13-11-15)18(21)22-14-6-2-1-3-7-14/h1-9,15H,10-13H2. The second-order valence-electron chi connectivity index (χ2n) is 5.42. The first-order valence-electron chi connectivity index (χ1n) is 7.65. The maximum Gasteiger partial charge on any atom is 0.415 e. The van der Waals surface area contributed by atoms with Gasteiger partial charge in [0.15, 0.2) is 0 Å². The van der Waals surface area contributed by atoms with E-state index in [0.717, 1.165) is 12.8 Å². The number of para-hydroxylation sites is 1. The number of ether oxygens (including phenoxy) is 1. The normalized spacial score (nSPS) is 15.4. The molecule has 0 bridgehead atoms. The zero-order valence-electron chi connectivity index (χ0n) is 12.7. The van der Waals surface area contributed by atoms with Crippen molar-refractivity contribution >= 4 is 17.9 Å². The van der Waals surface area contributed by atoms with Crippen molar-refractivity contribution < 1.29 is 13.9 Å². The molecule has 0 aliphatic carbocycles. The van der Waals surface area contributed by atoms with E-state index in [0.29, 0.717) is 29.0 Å². The molecular formula is C18H18FNO2S. The fourth-order valence-electron chi connectivity index (χ4n) is 2.53. The monoisotopic (exact) mass is 331 g/mol. The number of halogens is 1. The smallest absolute Gasteiger partial charge is 0.410 e. The fraction of sp³-hybridized carbons (Fsp3) is 0.278. The van der Waals surface area contributed by atoms with E-state index in [-0.39, 0.29) is 11.9 Å². The SMILES string of the molecule is O=C(Oc1ccccc1)N1CCC(Sc2ccccc2F)CC1. The quantitative estimate of drug-likeness (QED) is 0.824. The molecule has 0 spiro atoms. The summed E-state index contributed by atoms with van der Waals surface area (Å²) in [5, 5.41) is 0.327. The number of nitrogens with zero attached hydrogens (tertiary/aromatic N) is 1. The van der Waals surface area contributed by atoms with Crippen molar-refractivity contribution in [2.24, 2.45) is 0 Å². The Kier molecular flexibility index (Phi) is 5.18. The van der Waals surface area contributed by atoms with Gasteiger partial charge in [-0.15, -0.1) is 11.8 Å². The van der Waals surface area contributed by atoms with Crippen LogP contribution in [0, 0.1) is 5.82 Å². The van der Waals surface area contributed by atoms with Gasteiger partial charge in [0.25, 0.3) is 0 Å². The average molecular weight is 331 g/mol. The molecule has 1 aliphatic heterocycles. The van der Waals surface area contributed by atoms with Crippen LogP contribution in [0.4, 0.5) is 9.18 Å². The highest BCUT2D eigenvalue weighted by molar-refractivity contribution is 8.00. The largest absolute Gasteiger partial charge is 0.415 e. The summed E-state index contributed by atoms with van der Waals surface area (Å²) in [5.74, 6) is 0.378. The van der Waals surface area contributed by atoms with Crippen LogP contribution in [0.5, 0.6) is 5.75 Å². The van der Waals surface area contributed by atoms with Crippen molar-refractivity contribution in [3.05, 3.63) is 60.4 Å². The zero-order valence-corrected chi connectivity index (χ0v) is 13.5. The molecule has 3 rings (SSSR count). The van der Waals surface area contributed by atoms with Crippen molar-refractivity contribution in [3.8, 4) is 5.75 Å². The Morgan fingerprint density at radius 1 is 1.04 bits per heavy atom. The fourth-order valence-corrected chi connectivity index (χ4v) is 3.67. The highest BCUT2D eigenvalue weighted by Gasteiger charge is 2.25. The highest BCUT2D eigenvalue weighted by Crippen LogP contribution is 2.32. The molecule has 0 radical (unpaired) electrons. The molecule has 120 valence electrons. The topological polar surface area (TPSA) is 29.5 Å². The Bertz CT molecular complexity index is 657. The predicted molar refractivity (Wildman–Crippen MR) is 89.3 cm³/mol. The molecule has 0 saturated carbocycles. The number of rotatable bonds is 3. The third-order valence-corrected chi connectivity index (χ3v) is 5.17. The van der Waals surface area contributed by atoms with E-state index >= 15 is 0 Å². The number of carbonyl (C=O) groups excluding carboxylic acids is 1. The van der Waals surface area contributed by atoms with Crippen molar-refractivity contribution in [1.29, 1.82) is 0 Å². The van der Waals surface area contributed by atoms with E-state index in [4.69, 9.17) is 4.74 Å². The van der Waals surface area contributed by atoms with E-state index in [9.17, 15) is 9.18 Å². The predicted octanol–water partition coefficient (Wildman–Crippen LogP) is 4.58. The molecule has 0 unspecified atom stereocenters. The second-order valence-corrected chi connectivity index (χ2v) is 6.76. The summed E-state index contributed by atoms with van der Waals surface area (Å²) in [4.78, 5) is 14.5. The van der Waals surface area contributed by atoms with Gasteiger partial charge >= 0.3 is 6.09 Å². The van der Waals surface area contributed by atoms with Gasteiger partial charge < -0.3 is 9.64 Å². The Morgan fingerprint density at radius 3 is 2.39 bits per heavy atom. The molecule has 1 amide bonds. The summed E-state index contributed by atoms with van der Waals surface area (Å²) in [7, 11) is 0. The van der Waals surface area contributed by atoms with Gasteiger partial charge in [0.2, 0.25) is 0 Å². The Hall–Kier alpha value is -2.01. The molecule has 0 atom stereocenters. The van der Waals surface area contributed by atoms with Crippen LogP contribution < -0.4 is 4.74 Å². The highest BCUT2D eigenvalue weighted by atomic mass is 32.2. The lowest BCUT2D eigenvalue weighted by Gasteiger charge is -2.30. The molecule has 0 aromatic heterocycles. The molecule has 23 heavy (non-hydrogen) atoms. The van der Waals surface area contributed by atoms with Gasteiger partial charge in [-0.1, -0.05) is 30.3 Å². The number of piperidine rings is 1. The van der Waals surface area contributed by atoms with E-state index in [1.54, 1.807) is 40.9 Å². The Morgan fingerprint density at radius 2 is 1.70 bits per heavy atom. The molecule has 1 fully saturated rings. The molecular weight excluding hydrogens is 313 g/mol. The van der Waals surface area contributed by atoms with Crippen LogP contribution >= 0.6 is 11.8 Å². The third kappa shape index (κ3) is 4.26. The van der Waals surface area contributed by atoms with E-state index in [2.05, 4.69) is 0 Å². The second kappa shape index (κ2) is 7.51. The van der Waals surface area contributed by atoms with Crippen LogP contribution in [0.25, 0.3) is 0 Å². The molecule has 1 heterocycles. The van der Waals surface area contributed by atoms with Crippen LogP contribution in [0.15, 0.2) is 59.5 Å². The Labute approximate surface area is 139 Å². The van der Waals surface area contributed by atoms with Crippen LogP contribution in [0.3, 0.4) is 0 Å². The van der Waals surface area contributed by atoms with Gasteiger partial charge in [0, 0.05) is 23.2 Å². The Balaban J connectivity index is 1.50. The minimum atomic E-state index is -0.314. The minimum Gasteiger partial charge on any atom is -0.410 e. The number of thioether (sulfide) groups is 1. The van der Waals surface area contributed by atoms with Gasteiger partial charge in [-0.3, -0.25) is 0 Å². The minimum absolute atomic E-state index is 0.177. The molecule has 1 aliphatic rings. The van der Waals surface area contributed by atoms with Gasteiger partial charge in [0.1, 0.15) is 11.6 Å². The van der Waals surface area contributed by atoms with Crippen molar-refractivity contribution in [1.82, 2.24) is 4.90 Å². The van der Waals surface area contributed by atoms with Crippen LogP contribution in [-0.2, 0) is 0 Å². The molecule has 0 N–H and O–H groups in total. The van der Waals surface area contributed by atoms with Crippen molar-refractivity contribution in [3.63, 3.8) is 0 Å². The average Bonchev–Trinajstić information content (AvgIpc) is 2.58. The zero-order chi connectivity index (χ0) is 16.1. The molecule has 1 saturated heterocycles. The maximum absolute atomic E-state index is 13.7. The van der Waals surface area contributed by atoms with Crippen LogP contribution in [-0.4, -0.2) is 29.3 Å². The first-order chi connectivity index (χ1) is 11.2. The van der Waals surface area contributed by atoms with Crippen molar-refractivity contribution in [2.75, 3.05) is 13.1 Å². The third-order valence-electron chi connectivity index (χ3n) is 3.78. The molecule has 5 heteroatoms. The number of hydrogen-bond donors (Lipinski definition) is 0. The summed E-state index contributed by atoms with van der Waals surface area (Å²) in [6, 6.07) is 15.9. The van der Waals surface area contributed by atoms with Crippen LogP contribution in [0.2, 0.25) is 0 Å². The van der Waals surface area contributed by atoms with Crippen LogP contribution in [0.1, 0.15) is 12.8 Å². The molecule has 2 aromatic carbocycles. The number of hydrogen-bond acceptors (Lipinski definition) is 3. The molecule has 3 nitrogen and oxygen atoms in total. The summed E-state index contributed by atoms with van der Waals surface area (Å²) in [6.07, 6.45) is 1.36. The number of amides is 1. The lowest BCUT2D eigenvalue weighted by Crippen LogP contribution is -2.40. The number of carbonyl (C=O) groups is 1. The van der Waals surface area contributed by atoms with Gasteiger partial charge in [-0.05, 0) is 37.1 Å². The van der Waals surface area contributed by atoms with E-state index in [1.807, 2.05) is 24.3 Å².